The molecule has 0 radical (unpaired) electrons. The summed E-state index contributed by atoms with van der Waals surface area (Å²) in [5.41, 5.74) is 1.45. The molecule has 2 rings (SSSR count). The van der Waals surface area contributed by atoms with Gasteiger partial charge in [-0.1, -0.05) is 36.4 Å². The number of hydrogen-bond acceptors (Lipinski definition) is 3. The van der Waals surface area contributed by atoms with E-state index in [1.54, 1.807) is 6.07 Å². The summed E-state index contributed by atoms with van der Waals surface area (Å²) in [5.74, 6) is -0.370. The molecule has 118 valence electrons. The van der Waals surface area contributed by atoms with Gasteiger partial charge in [0, 0.05) is 6.54 Å². The molecular weight excluding hydrogens is 328 g/mol. The van der Waals surface area contributed by atoms with E-state index in [0.717, 1.165) is 5.56 Å². The standard InChI is InChI=1S/C15H16ClFNO3P/c1-20-15-8-7-13(9-14(15)17)11-21-22(16,19)18-10-12-5-3-2-4-6-12/h2-9H,10-11H2,1H3,(H,18,19). The zero-order valence-electron chi connectivity index (χ0n) is 12.0. The number of methoxy groups -OCH3 is 1. The van der Waals surface area contributed by atoms with Crippen molar-refractivity contribution in [1.82, 2.24) is 5.09 Å². The van der Waals surface area contributed by atoms with E-state index in [1.165, 1.54) is 19.2 Å². The Hall–Kier alpha value is -1.39. The summed E-state index contributed by atoms with van der Waals surface area (Å²) in [4.78, 5) is 0. The lowest BCUT2D eigenvalue weighted by atomic mass is 10.2. The Labute approximate surface area is 133 Å². The van der Waals surface area contributed by atoms with Crippen molar-refractivity contribution in [2.24, 2.45) is 0 Å². The average molecular weight is 344 g/mol. The van der Waals surface area contributed by atoms with Crippen LogP contribution in [-0.2, 0) is 22.2 Å². The summed E-state index contributed by atoms with van der Waals surface area (Å²) < 4.78 is 35.6. The van der Waals surface area contributed by atoms with Crippen LogP contribution in [0.15, 0.2) is 48.5 Å². The van der Waals surface area contributed by atoms with Crippen LogP contribution in [0.2, 0.25) is 0 Å². The van der Waals surface area contributed by atoms with E-state index in [0.29, 0.717) is 12.1 Å². The second-order valence-corrected chi connectivity index (χ2v) is 7.41. The van der Waals surface area contributed by atoms with Gasteiger partial charge >= 0.3 is 6.87 Å². The molecule has 0 spiro atoms. The highest BCUT2D eigenvalue weighted by Gasteiger charge is 2.19. The monoisotopic (exact) mass is 343 g/mol. The third kappa shape index (κ3) is 5.11. The van der Waals surface area contributed by atoms with Gasteiger partial charge in [-0.05, 0) is 34.5 Å². The first kappa shape index (κ1) is 17.0. The first-order valence-corrected chi connectivity index (χ1v) is 9.09. The molecule has 0 saturated heterocycles. The minimum atomic E-state index is -3.49. The minimum absolute atomic E-state index is 0.0660. The van der Waals surface area contributed by atoms with Crippen LogP contribution in [0.1, 0.15) is 11.1 Å². The van der Waals surface area contributed by atoms with Crippen molar-refractivity contribution < 1.29 is 18.2 Å². The van der Waals surface area contributed by atoms with Crippen molar-refractivity contribution in [2.75, 3.05) is 7.11 Å². The Bertz CT molecular complexity index is 669. The van der Waals surface area contributed by atoms with Gasteiger partial charge in [0.15, 0.2) is 11.6 Å². The van der Waals surface area contributed by atoms with Crippen LogP contribution in [0.4, 0.5) is 4.39 Å². The number of nitrogens with one attached hydrogen (secondary N) is 1. The smallest absolute Gasteiger partial charge is 0.361 e. The minimum Gasteiger partial charge on any atom is -0.494 e. The van der Waals surface area contributed by atoms with Crippen LogP contribution in [0.25, 0.3) is 0 Å². The number of hydrogen-bond donors (Lipinski definition) is 1. The van der Waals surface area contributed by atoms with Gasteiger partial charge in [-0.3, -0.25) is 4.57 Å². The fourth-order valence-corrected chi connectivity index (χ4v) is 2.89. The van der Waals surface area contributed by atoms with Gasteiger partial charge in [0.25, 0.3) is 0 Å². The molecule has 0 aliphatic rings. The first-order valence-electron chi connectivity index (χ1n) is 6.56. The summed E-state index contributed by atoms with van der Waals surface area (Å²) in [6.07, 6.45) is 0. The first-order chi connectivity index (χ1) is 10.5. The van der Waals surface area contributed by atoms with Crippen LogP contribution in [0.3, 0.4) is 0 Å². The van der Waals surface area contributed by atoms with E-state index in [-0.39, 0.29) is 12.4 Å². The molecule has 22 heavy (non-hydrogen) atoms. The van der Waals surface area contributed by atoms with Crippen LogP contribution < -0.4 is 9.82 Å². The Balaban J connectivity index is 1.89. The predicted molar refractivity (Wildman–Crippen MR) is 84.5 cm³/mol. The van der Waals surface area contributed by atoms with E-state index < -0.39 is 12.7 Å². The van der Waals surface area contributed by atoms with Crippen LogP contribution in [0.5, 0.6) is 5.75 Å². The molecule has 2 aromatic carbocycles. The van der Waals surface area contributed by atoms with E-state index in [9.17, 15) is 8.96 Å². The van der Waals surface area contributed by atoms with Gasteiger partial charge in [0.1, 0.15) is 0 Å². The van der Waals surface area contributed by atoms with Gasteiger partial charge in [-0.2, -0.15) is 0 Å². The van der Waals surface area contributed by atoms with Gasteiger partial charge in [-0.25, -0.2) is 9.48 Å². The Kier molecular flexibility index (Phi) is 5.98. The Morgan fingerprint density at radius 2 is 1.91 bits per heavy atom. The third-order valence-corrected chi connectivity index (χ3v) is 4.58. The van der Waals surface area contributed by atoms with Gasteiger partial charge < -0.3 is 9.26 Å². The highest BCUT2D eigenvalue weighted by molar-refractivity contribution is 7.83. The van der Waals surface area contributed by atoms with Gasteiger partial charge in [0.05, 0.1) is 13.7 Å². The molecule has 0 aliphatic carbocycles. The molecule has 0 amide bonds. The van der Waals surface area contributed by atoms with E-state index >= 15 is 0 Å². The Morgan fingerprint density at radius 3 is 2.55 bits per heavy atom. The molecule has 4 nitrogen and oxygen atoms in total. The molecule has 0 heterocycles. The SMILES string of the molecule is COc1ccc(COP(=O)(Cl)NCc2ccccc2)cc1F. The van der Waals surface area contributed by atoms with E-state index in [2.05, 4.69) is 5.09 Å². The summed E-state index contributed by atoms with van der Waals surface area (Å²) >= 11 is 5.84. The maximum atomic E-state index is 13.5. The van der Waals surface area contributed by atoms with Crippen LogP contribution >= 0.6 is 18.1 Å². The third-order valence-electron chi connectivity index (χ3n) is 2.93. The van der Waals surface area contributed by atoms with E-state index in [1.807, 2.05) is 30.3 Å². The largest absolute Gasteiger partial charge is 0.494 e. The molecule has 0 saturated carbocycles. The van der Waals surface area contributed by atoms with Gasteiger partial charge in [0.2, 0.25) is 0 Å². The topological polar surface area (TPSA) is 47.6 Å². The summed E-state index contributed by atoms with van der Waals surface area (Å²) in [6.45, 7) is -3.24. The lowest BCUT2D eigenvalue weighted by Gasteiger charge is -2.13. The maximum Gasteiger partial charge on any atom is 0.361 e. The lowest BCUT2D eigenvalue weighted by molar-refractivity contribution is 0.305. The molecule has 0 fully saturated rings. The Morgan fingerprint density at radius 1 is 1.18 bits per heavy atom. The van der Waals surface area contributed by atoms with Gasteiger partial charge in [-0.15, -0.1) is 0 Å². The summed E-state index contributed by atoms with van der Waals surface area (Å²) in [7, 11) is 1.38. The fraction of sp³-hybridized carbons (Fsp3) is 0.200. The zero-order chi connectivity index (χ0) is 16.0. The predicted octanol–water partition coefficient (Wildman–Crippen LogP) is 4.49. The summed E-state index contributed by atoms with van der Waals surface area (Å²) in [5, 5.41) is 2.66. The molecule has 0 bridgehead atoms. The number of halogens is 2. The quantitative estimate of drug-likeness (QED) is 0.753. The normalized spacial score (nSPS) is 13.6. The van der Waals surface area contributed by atoms with Crippen molar-refractivity contribution in [3.63, 3.8) is 0 Å². The molecule has 0 aliphatic heterocycles. The highest BCUT2D eigenvalue weighted by Crippen LogP contribution is 2.49. The molecule has 7 heteroatoms. The van der Waals surface area contributed by atoms with E-state index in [4.69, 9.17) is 20.5 Å². The van der Waals surface area contributed by atoms with Crippen molar-refractivity contribution in [1.29, 1.82) is 0 Å². The molecule has 0 aromatic heterocycles. The zero-order valence-corrected chi connectivity index (χ0v) is 13.6. The summed E-state index contributed by atoms with van der Waals surface area (Å²) in [6, 6.07) is 13.7. The lowest BCUT2D eigenvalue weighted by Crippen LogP contribution is -2.09. The van der Waals surface area contributed by atoms with Crippen LogP contribution in [0, 0.1) is 5.82 Å². The number of ether oxygens (including phenoxy) is 1. The second kappa shape index (κ2) is 7.75. The second-order valence-electron chi connectivity index (χ2n) is 4.54. The number of benzene rings is 2. The molecule has 1 atom stereocenters. The molecule has 1 unspecified atom stereocenters. The molecular formula is C15H16ClFNO3P. The molecule has 1 N–H and O–H groups in total. The maximum absolute atomic E-state index is 13.5. The fourth-order valence-electron chi connectivity index (χ4n) is 1.78. The van der Waals surface area contributed by atoms with Crippen molar-refractivity contribution in [3.8, 4) is 5.75 Å². The number of rotatable bonds is 7. The average Bonchev–Trinajstić information content (AvgIpc) is 2.52. The highest BCUT2D eigenvalue weighted by atomic mass is 35.7. The van der Waals surface area contributed by atoms with Crippen molar-refractivity contribution in [3.05, 3.63) is 65.5 Å². The molecule has 2 aromatic rings. The van der Waals surface area contributed by atoms with Crippen molar-refractivity contribution in [2.45, 2.75) is 13.2 Å². The van der Waals surface area contributed by atoms with Crippen LogP contribution in [-0.4, -0.2) is 7.11 Å². The van der Waals surface area contributed by atoms with Crippen molar-refractivity contribution >= 4 is 18.1 Å².